The first-order valence-corrected chi connectivity index (χ1v) is 13.2. The molecule has 1 saturated heterocycles. The van der Waals surface area contributed by atoms with E-state index in [-0.39, 0.29) is 10.9 Å². The minimum atomic E-state index is -4.27. The minimum Gasteiger partial charge on any atom is -0.328 e. The summed E-state index contributed by atoms with van der Waals surface area (Å²) >= 11 is 1.84. The zero-order chi connectivity index (χ0) is 24.9. The first-order chi connectivity index (χ1) is 17.3. The molecule has 36 heavy (non-hydrogen) atoms. The molecule has 0 amide bonds. The molecule has 3 aromatic rings. The van der Waals surface area contributed by atoms with Crippen LogP contribution in [0.5, 0.6) is 0 Å². The molecule has 4 heterocycles. The summed E-state index contributed by atoms with van der Waals surface area (Å²) in [5, 5.41) is 12.8. The highest BCUT2D eigenvalue weighted by Gasteiger charge is 2.57. The molecule has 3 aliphatic rings. The Bertz CT molecular complexity index is 1270. The Morgan fingerprint density at radius 2 is 2.03 bits per heavy atom. The second-order valence-corrected chi connectivity index (χ2v) is 11.2. The van der Waals surface area contributed by atoms with Crippen LogP contribution in [0.15, 0.2) is 54.0 Å². The average Bonchev–Trinajstić information content (AvgIpc) is 3.19. The van der Waals surface area contributed by atoms with Crippen LogP contribution in [-0.4, -0.2) is 68.2 Å². The first-order valence-electron chi connectivity index (χ1n) is 12.2. The number of hydrogen-bond acceptors (Lipinski definition) is 7. The van der Waals surface area contributed by atoms with Crippen molar-refractivity contribution >= 4 is 23.2 Å². The van der Waals surface area contributed by atoms with Gasteiger partial charge in [0.05, 0.1) is 11.1 Å². The van der Waals surface area contributed by atoms with Gasteiger partial charge in [0.15, 0.2) is 17.0 Å². The molecule has 7 nitrogen and oxygen atoms in total. The number of alkyl halides is 3. The van der Waals surface area contributed by atoms with Crippen molar-refractivity contribution in [3.05, 3.63) is 65.6 Å². The van der Waals surface area contributed by atoms with Gasteiger partial charge in [0.1, 0.15) is 6.33 Å². The molecule has 6 rings (SSSR count). The van der Waals surface area contributed by atoms with Crippen molar-refractivity contribution in [3.8, 4) is 0 Å². The number of thioether (sulfide) groups is 1. The van der Waals surface area contributed by atoms with Gasteiger partial charge in [0, 0.05) is 19.8 Å². The molecule has 2 fully saturated rings. The first kappa shape index (κ1) is 23.6. The van der Waals surface area contributed by atoms with Gasteiger partial charge < -0.3 is 9.80 Å². The number of amidine groups is 1. The van der Waals surface area contributed by atoms with Crippen LogP contribution in [0.2, 0.25) is 0 Å². The molecule has 3 unspecified atom stereocenters. The summed E-state index contributed by atoms with van der Waals surface area (Å²) in [6.07, 6.45) is 2.62. The number of benzene rings is 1. The second kappa shape index (κ2) is 8.95. The zero-order valence-electron chi connectivity index (χ0n) is 19.9. The molecule has 0 radical (unpaired) electrons. The third-order valence-electron chi connectivity index (χ3n) is 7.72. The molecule has 11 heteroatoms. The Morgan fingerprint density at radius 1 is 1.19 bits per heavy atom. The molecule has 0 bridgehead atoms. The Morgan fingerprint density at radius 3 is 2.83 bits per heavy atom. The molecule has 190 valence electrons. The van der Waals surface area contributed by atoms with Crippen LogP contribution in [0.3, 0.4) is 0 Å². The highest BCUT2D eigenvalue weighted by molar-refractivity contribution is 7.99. The third kappa shape index (κ3) is 4.32. The number of nitrogens with zero attached hydrogens (tertiary/aromatic N) is 6. The second-order valence-electron chi connectivity index (χ2n) is 10.0. The number of aromatic nitrogens is 3. The molecule has 1 N–H and O–H groups in total. The summed E-state index contributed by atoms with van der Waals surface area (Å²) in [6, 6.07) is 9.77. The highest BCUT2D eigenvalue weighted by Crippen LogP contribution is 2.64. The molecule has 1 aromatic carbocycles. The number of rotatable bonds is 7. The quantitative estimate of drug-likeness (QED) is 0.476. The summed E-state index contributed by atoms with van der Waals surface area (Å²) in [5.41, 5.74) is 5.78. The molecular formula is C25H28F3N7S. The van der Waals surface area contributed by atoms with E-state index in [0.717, 1.165) is 67.3 Å². The normalized spacial score (nSPS) is 26.1. The van der Waals surface area contributed by atoms with E-state index in [1.165, 1.54) is 12.1 Å². The maximum absolute atomic E-state index is 12.9. The van der Waals surface area contributed by atoms with Gasteiger partial charge in [-0.2, -0.15) is 18.3 Å². The monoisotopic (exact) mass is 515 g/mol. The lowest BCUT2D eigenvalue weighted by molar-refractivity contribution is -0.137. The van der Waals surface area contributed by atoms with Crippen LogP contribution < -0.4 is 5.43 Å². The van der Waals surface area contributed by atoms with Crippen molar-refractivity contribution in [2.75, 3.05) is 32.4 Å². The van der Waals surface area contributed by atoms with Crippen molar-refractivity contribution < 1.29 is 13.2 Å². The van der Waals surface area contributed by atoms with Crippen molar-refractivity contribution in [3.63, 3.8) is 0 Å². The summed E-state index contributed by atoms with van der Waals surface area (Å²) < 4.78 is 40.5. The fourth-order valence-corrected chi connectivity index (χ4v) is 6.62. The van der Waals surface area contributed by atoms with Crippen LogP contribution in [-0.2, 0) is 6.18 Å². The van der Waals surface area contributed by atoms with Crippen molar-refractivity contribution in [1.82, 2.24) is 29.8 Å². The van der Waals surface area contributed by atoms with Crippen LogP contribution in [0.25, 0.3) is 5.65 Å². The lowest BCUT2D eigenvalue weighted by Crippen LogP contribution is -2.35. The smallest absolute Gasteiger partial charge is 0.328 e. The van der Waals surface area contributed by atoms with Crippen molar-refractivity contribution in [2.45, 2.75) is 36.9 Å². The Kier molecular flexibility index (Phi) is 5.87. The standard InChI is InChI=1S/C25H28F3N7S/c1-33-21(19-4-2-11-35-16-29-30-22(19)35)31-32-23(33)36-13-3-10-34-12-9-24(15-34)14-20(24)17-5-7-18(8-6-17)25(26,27)28/h2,4-8,11,16,20,23,32H,3,9-10,12-15H2,1H3. The fourth-order valence-electron chi connectivity index (χ4n) is 5.65. The fraction of sp³-hybridized carbons (Fsp3) is 0.480. The van der Waals surface area contributed by atoms with Crippen LogP contribution in [0, 0.1) is 5.41 Å². The molecule has 1 saturated carbocycles. The topological polar surface area (TPSA) is 61.1 Å². The molecule has 3 atom stereocenters. The summed E-state index contributed by atoms with van der Waals surface area (Å²) in [6.45, 7) is 3.15. The predicted octanol–water partition coefficient (Wildman–Crippen LogP) is 4.23. The van der Waals surface area contributed by atoms with E-state index in [2.05, 4.69) is 30.5 Å². The number of hydrogen-bond donors (Lipinski definition) is 1. The summed E-state index contributed by atoms with van der Waals surface area (Å²) in [7, 11) is 2.04. The van der Waals surface area contributed by atoms with E-state index in [1.807, 2.05) is 41.5 Å². The van der Waals surface area contributed by atoms with E-state index in [4.69, 9.17) is 0 Å². The molecule has 1 spiro atoms. The molecular weight excluding hydrogens is 487 g/mol. The largest absolute Gasteiger partial charge is 0.416 e. The number of pyridine rings is 1. The van der Waals surface area contributed by atoms with E-state index in [0.29, 0.717) is 5.92 Å². The van der Waals surface area contributed by atoms with E-state index in [1.54, 1.807) is 18.5 Å². The van der Waals surface area contributed by atoms with Gasteiger partial charge in [-0.1, -0.05) is 12.1 Å². The lowest BCUT2D eigenvalue weighted by atomic mass is 9.97. The highest BCUT2D eigenvalue weighted by atomic mass is 32.2. The van der Waals surface area contributed by atoms with Crippen molar-refractivity contribution in [1.29, 1.82) is 0 Å². The number of halogens is 3. The zero-order valence-corrected chi connectivity index (χ0v) is 20.8. The molecule has 2 aromatic heterocycles. The third-order valence-corrected chi connectivity index (χ3v) is 8.98. The van der Waals surface area contributed by atoms with Gasteiger partial charge in [-0.05, 0) is 79.3 Å². The summed E-state index contributed by atoms with van der Waals surface area (Å²) in [5.74, 6) is 2.25. The van der Waals surface area contributed by atoms with Gasteiger partial charge in [-0.3, -0.25) is 9.83 Å². The van der Waals surface area contributed by atoms with E-state index in [9.17, 15) is 13.2 Å². The number of fused-ring (bicyclic) bond motifs is 1. The lowest BCUT2D eigenvalue weighted by Gasteiger charge is -2.22. The predicted molar refractivity (Wildman–Crippen MR) is 134 cm³/mol. The molecule has 2 aliphatic heterocycles. The minimum absolute atomic E-state index is 0.0700. The van der Waals surface area contributed by atoms with Gasteiger partial charge >= 0.3 is 6.18 Å². The van der Waals surface area contributed by atoms with Crippen LogP contribution in [0.1, 0.15) is 41.9 Å². The molecule has 1 aliphatic carbocycles. The Balaban J connectivity index is 0.960. The van der Waals surface area contributed by atoms with Gasteiger partial charge in [0.25, 0.3) is 0 Å². The van der Waals surface area contributed by atoms with E-state index < -0.39 is 11.7 Å². The van der Waals surface area contributed by atoms with Crippen LogP contribution in [0.4, 0.5) is 13.2 Å². The SMILES string of the molecule is CN1C(c2cccn3cnnc23)=NNC1SCCCN1CCC2(CC2c2ccc(C(F)(F)F)cc2)C1. The maximum Gasteiger partial charge on any atom is 0.416 e. The maximum atomic E-state index is 12.9. The summed E-state index contributed by atoms with van der Waals surface area (Å²) in [4.78, 5) is 4.66. The number of nitrogens with one attached hydrogen (secondary N) is 1. The van der Waals surface area contributed by atoms with Crippen LogP contribution >= 0.6 is 11.8 Å². The van der Waals surface area contributed by atoms with Gasteiger partial charge in [0.2, 0.25) is 0 Å². The van der Waals surface area contributed by atoms with E-state index >= 15 is 0 Å². The van der Waals surface area contributed by atoms with Gasteiger partial charge in [-0.25, -0.2) is 0 Å². The van der Waals surface area contributed by atoms with Gasteiger partial charge in [-0.15, -0.1) is 22.0 Å². The Labute approximate surface area is 211 Å². The number of likely N-dealkylation sites (tertiary alicyclic amines) is 1. The number of hydrazone groups is 1. The van der Waals surface area contributed by atoms with Crippen molar-refractivity contribution in [2.24, 2.45) is 10.5 Å². The average molecular weight is 516 g/mol. The Hall–Kier alpha value is -2.79.